The van der Waals surface area contributed by atoms with E-state index in [1.807, 2.05) is 12.1 Å². The van der Waals surface area contributed by atoms with Gasteiger partial charge in [-0.05, 0) is 50.7 Å². The Morgan fingerprint density at radius 2 is 1.87 bits per heavy atom. The summed E-state index contributed by atoms with van der Waals surface area (Å²) in [6.45, 7) is 8.52. The highest BCUT2D eigenvalue weighted by atomic mass is 19.1. The van der Waals surface area contributed by atoms with E-state index in [1.54, 1.807) is 6.07 Å². The van der Waals surface area contributed by atoms with Crippen molar-refractivity contribution in [2.24, 2.45) is 23.7 Å². The minimum Gasteiger partial charge on any atom is -0.455 e. The maximum Gasteiger partial charge on any atom is 0.311 e. The molecule has 2 aliphatic carbocycles. The summed E-state index contributed by atoms with van der Waals surface area (Å²) in [5, 5.41) is 0. The van der Waals surface area contributed by atoms with Crippen molar-refractivity contribution in [2.45, 2.75) is 56.8 Å². The van der Waals surface area contributed by atoms with E-state index in [9.17, 15) is 9.18 Å². The lowest BCUT2D eigenvalue weighted by Gasteiger charge is -2.50. The zero-order valence-corrected chi connectivity index (χ0v) is 18.6. The summed E-state index contributed by atoms with van der Waals surface area (Å²) in [7, 11) is 0. The fourth-order valence-electron chi connectivity index (χ4n) is 7.42. The molecule has 31 heavy (non-hydrogen) atoms. The Balaban J connectivity index is 1.17. The fourth-order valence-corrected chi connectivity index (χ4v) is 7.42. The molecule has 1 aromatic rings. The smallest absolute Gasteiger partial charge is 0.311 e. The molecular formula is C25H33FN2O3. The van der Waals surface area contributed by atoms with E-state index in [0.29, 0.717) is 17.5 Å². The van der Waals surface area contributed by atoms with Gasteiger partial charge >= 0.3 is 5.97 Å². The Morgan fingerprint density at radius 1 is 1.10 bits per heavy atom. The second kappa shape index (κ2) is 6.92. The molecule has 6 heteroatoms. The van der Waals surface area contributed by atoms with Gasteiger partial charge in [-0.1, -0.05) is 19.1 Å². The van der Waals surface area contributed by atoms with Gasteiger partial charge in [-0.25, -0.2) is 4.39 Å². The Labute approximate surface area is 183 Å². The van der Waals surface area contributed by atoms with Gasteiger partial charge in [0.2, 0.25) is 0 Å². The fraction of sp³-hybridized carbons (Fsp3) is 0.720. The summed E-state index contributed by atoms with van der Waals surface area (Å²) >= 11 is 0. The number of esters is 1. The lowest BCUT2D eigenvalue weighted by Crippen LogP contribution is -2.58. The van der Waals surface area contributed by atoms with Crippen LogP contribution in [0, 0.1) is 29.5 Å². The first-order valence-corrected chi connectivity index (χ1v) is 12.0. The van der Waals surface area contributed by atoms with Crippen LogP contribution in [0.1, 0.15) is 39.5 Å². The summed E-state index contributed by atoms with van der Waals surface area (Å²) in [5.41, 5.74) is 0.186. The van der Waals surface area contributed by atoms with E-state index in [1.165, 1.54) is 12.5 Å². The molecule has 2 saturated carbocycles. The van der Waals surface area contributed by atoms with Gasteiger partial charge in [0.25, 0.3) is 0 Å². The zero-order chi connectivity index (χ0) is 21.4. The third-order valence-corrected chi connectivity index (χ3v) is 9.11. The highest BCUT2D eigenvalue weighted by Crippen LogP contribution is 2.66. The van der Waals surface area contributed by atoms with Gasteiger partial charge in [-0.3, -0.25) is 9.69 Å². The van der Waals surface area contributed by atoms with E-state index >= 15 is 0 Å². The molecule has 1 spiro atoms. The van der Waals surface area contributed by atoms with E-state index < -0.39 is 5.60 Å². The molecular weight excluding hydrogens is 395 g/mol. The molecule has 168 valence electrons. The van der Waals surface area contributed by atoms with Gasteiger partial charge in [0.15, 0.2) is 0 Å². The van der Waals surface area contributed by atoms with Crippen LogP contribution in [0.25, 0.3) is 0 Å². The van der Waals surface area contributed by atoms with Crippen molar-refractivity contribution in [2.75, 3.05) is 37.6 Å². The van der Waals surface area contributed by atoms with Gasteiger partial charge in [-0.2, -0.15) is 0 Å². The number of hydrogen-bond acceptors (Lipinski definition) is 5. The molecule has 0 radical (unpaired) electrons. The SMILES string of the molecule is C[C@@H]1CC[C@H]2[C@@H](CN3CCN(c4ccccc4F)CC3)C(=O)O[C@]23[C@H]1CC[C@@]1(C)O[C@@H]31. The number of piperazine rings is 1. The lowest BCUT2D eigenvalue weighted by atomic mass is 9.55. The van der Waals surface area contributed by atoms with E-state index in [4.69, 9.17) is 9.47 Å². The highest BCUT2D eigenvalue weighted by molar-refractivity contribution is 5.77. The minimum absolute atomic E-state index is 0.0135. The van der Waals surface area contributed by atoms with Crippen molar-refractivity contribution in [3.63, 3.8) is 0 Å². The zero-order valence-electron chi connectivity index (χ0n) is 18.6. The Kier molecular flexibility index (Phi) is 4.46. The third-order valence-electron chi connectivity index (χ3n) is 9.11. The van der Waals surface area contributed by atoms with Gasteiger partial charge in [-0.15, -0.1) is 0 Å². The van der Waals surface area contributed by atoms with Gasteiger partial charge in [0.05, 0.1) is 17.2 Å². The molecule has 0 bridgehead atoms. The van der Waals surface area contributed by atoms with Crippen LogP contribution in [0.15, 0.2) is 24.3 Å². The maximum absolute atomic E-state index is 14.2. The Hall–Kier alpha value is -1.66. The quantitative estimate of drug-likeness (QED) is 0.545. The number of anilines is 1. The van der Waals surface area contributed by atoms with Gasteiger partial charge < -0.3 is 14.4 Å². The van der Waals surface area contributed by atoms with Crippen molar-refractivity contribution < 1.29 is 18.7 Å². The van der Waals surface area contributed by atoms with Crippen LogP contribution in [0.5, 0.6) is 0 Å². The Bertz CT molecular complexity index is 887. The number of benzene rings is 1. The standard InChI is InChI=1S/C25H33FN2O3/c1-16-7-8-19-17(22(29)30-25(19)18(16)9-10-24(2)23(25)31-24)15-27-11-13-28(14-12-27)21-6-4-3-5-20(21)26/h3-6,16-19,23H,7-15H2,1-2H3/t16-,17-,18+,19+,23-,24-,25-/m1/s1. The van der Waals surface area contributed by atoms with Crippen molar-refractivity contribution in [1.82, 2.24) is 4.90 Å². The molecule has 6 rings (SSSR count). The lowest BCUT2D eigenvalue weighted by molar-refractivity contribution is -0.168. The monoisotopic (exact) mass is 428 g/mol. The van der Waals surface area contributed by atoms with Crippen LogP contribution in [0.3, 0.4) is 0 Å². The topological polar surface area (TPSA) is 45.3 Å². The van der Waals surface area contributed by atoms with Gasteiger partial charge in [0, 0.05) is 44.6 Å². The minimum atomic E-state index is -0.401. The third kappa shape index (κ3) is 2.90. The van der Waals surface area contributed by atoms with Crippen molar-refractivity contribution in [1.29, 1.82) is 0 Å². The van der Waals surface area contributed by atoms with Crippen LogP contribution >= 0.6 is 0 Å². The molecule has 0 aromatic heterocycles. The summed E-state index contributed by atoms with van der Waals surface area (Å²) in [6, 6.07) is 6.99. The van der Waals surface area contributed by atoms with Crippen LogP contribution in [-0.2, 0) is 14.3 Å². The number of fused-ring (bicyclic) bond motifs is 1. The molecule has 0 N–H and O–H groups in total. The highest BCUT2D eigenvalue weighted by Gasteiger charge is 2.77. The normalized spacial score (nSPS) is 44.3. The van der Waals surface area contributed by atoms with Crippen LogP contribution < -0.4 is 4.90 Å². The molecule has 5 aliphatic rings. The predicted octanol–water partition coefficient (Wildman–Crippen LogP) is 3.47. The second-order valence-corrected chi connectivity index (χ2v) is 10.7. The molecule has 5 nitrogen and oxygen atoms in total. The number of hydrogen-bond donors (Lipinski definition) is 0. The van der Waals surface area contributed by atoms with E-state index in [0.717, 1.165) is 52.0 Å². The second-order valence-electron chi connectivity index (χ2n) is 10.7. The molecule has 3 heterocycles. The first kappa shape index (κ1) is 20.0. The molecule has 3 saturated heterocycles. The number of carbonyl (C=O) groups is 1. The number of nitrogens with zero attached hydrogens (tertiary/aromatic N) is 2. The van der Waals surface area contributed by atoms with Crippen LogP contribution in [-0.4, -0.2) is 60.9 Å². The maximum atomic E-state index is 14.2. The first-order chi connectivity index (χ1) is 14.9. The van der Waals surface area contributed by atoms with Crippen LogP contribution in [0.4, 0.5) is 10.1 Å². The molecule has 0 amide bonds. The predicted molar refractivity (Wildman–Crippen MR) is 115 cm³/mol. The summed E-state index contributed by atoms with van der Waals surface area (Å²) in [4.78, 5) is 17.7. The van der Waals surface area contributed by atoms with E-state index in [-0.39, 0.29) is 35.3 Å². The number of rotatable bonds is 3. The number of epoxide rings is 1. The number of para-hydroxylation sites is 1. The molecule has 3 aliphatic heterocycles. The van der Waals surface area contributed by atoms with Crippen molar-refractivity contribution in [3.8, 4) is 0 Å². The van der Waals surface area contributed by atoms with Crippen LogP contribution in [0.2, 0.25) is 0 Å². The van der Waals surface area contributed by atoms with Gasteiger partial charge in [0.1, 0.15) is 17.5 Å². The number of carbonyl (C=O) groups excluding carboxylic acids is 1. The van der Waals surface area contributed by atoms with E-state index in [2.05, 4.69) is 23.6 Å². The molecule has 5 fully saturated rings. The average Bonchev–Trinajstić information content (AvgIpc) is 3.39. The molecule has 7 atom stereocenters. The van der Waals surface area contributed by atoms with Crippen molar-refractivity contribution in [3.05, 3.63) is 30.1 Å². The first-order valence-electron chi connectivity index (χ1n) is 12.0. The number of halogens is 1. The summed E-state index contributed by atoms with van der Waals surface area (Å²) < 4.78 is 26.7. The number of ether oxygens (including phenoxy) is 2. The largest absolute Gasteiger partial charge is 0.455 e. The average molecular weight is 429 g/mol. The summed E-state index contributed by atoms with van der Waals surface area (Å²) in [6.07, 6.45) is 4.50. The molecule has 1 aromatic carbocycles. The molecule has 0 unspecified atom stereocenters. The van der Waals surface area contributed by atoms with Crippen molar-refractivity contribution >= 4 is 11.7 Å². The Morgan fingerprint density at radius 3 is 2.65 bits per heavy atom. The summed E-state index contributed by atoms with van der Waals surface area (Å²) in [5.74, 6) is 1.03.